The number of ether oxygens (including phenoxy) is 11. The van der Waals surface area contributed by atoms with E-state index in [4.69, 9.17) is 52.1 Å². The van der Waals surface area contributed by atoms with E-state index in [0.29, 0.717) is 37.3 Å². The van der Waals surface area contributed by atoms with Crippen LogP contribution >= 0.6 is 0 Å². The maximum absolute atomic E-state index is 14.7. The predicted octanol–water partition coefficient (Wildman–Crippen LogP) is 4.79. The Hall–Kier alpha value is -3.53. The van der Waals surface area contributed by atoms with Crippen LogP contribution in [0.1, 0.15) is 100 Å². The van der Waals surface area contributed by atoms with Gasteiger partial charge in [0, 0.05) is 44.6 Å². The number of methoxy groups -OCH3 is 1. The fourth-order valence-corrected chi connectivity index (χ4v) is 11.1. The first-order valence-electron chi connectivity index (χ1n) is 24.3. The number of nitrogens with zero attached hydrogens (tertiary/aromatic N) is 2. The molecule has 0 unspecified atom stereocenters. The van der Waals surface area contributed by atoms with Crippen molar-refractivity contribution in [3.63, 3.8) is 0 Å². The zero-order valence-corrected chi connectivity index (χ0v) is 42.6. The highest BCUT2D eigenvalue weighted by Crippen LogP contribution is 2.42. The molecule has 6 rings (SSSR count). The Labute approximate surface area is 401 Å². The first-order chi connectivity index (χ1) is 31.9. The molecule has 4 saturated heterocycles. The normalized spacial score (nSPS) is 41.7. The number of hydrogen-bond acceptors (Lipinski definition) is 18. The minimum Gasteiger partial charge on any atom is -0.458 e. The van der Waals surface area contributed by atoms with Crippen molar-refractivity contribution >= 4 is 18.2 Å². The summed E-state index contributed by atoms with van der Waals surface area (Å²) in [5.41, 5.74) is -3.14. The standard InChI is InChI=1S/C49H79N3O16/c1-15-36-49(10)41(67-46(56)68-49)30(6)52(13)24-26(2)22-47(8,57)40(65-44-38(53)33(51(11)12)20-27(3)61-44)28(4)39(29(5)43(54)63-36)64-37-23-48(9,58-14)42(31(7)62-37)66-45(55)50-19-18-32-16-17-34-35(21-32)60-25-59-34/h16-17,21,26-31,33,36-42,44,53,57H,15,18-20,22-25H2,1-14H3,(H,50,55)/t26-,27-,28+,29-,30-,31+,33+,36-,37+,38-,39+,40-,41-,42+,44+,47-,48-,49-/m1/s1. The number of fused-ring (bicyclic) bond motifs is 2. The van der Waals surface area contributed by atoms with Crippen LogP contribution in [0.2, 0.25) is 0 Å². The number of aliphatic hydroxyl groups is 2. The van der Waals surface area contributed by atoms with Gasteiger partial charge in [-0.3, -0.25) is 9.69 Å². The van der Waals surface area contributed by atoms with Crippen molar-refractivity contribution in [1.82, 2.24) is 15.1 Å². The van der Waals surface area contributed by atoms with Gasteiger partial charge in [-0.2, -0.15) is 0 Å². The summed E-state index contributed by atoms with van der Waals surface area (Å²) in [6.07, 6.45) is -8.94. The third kappa shape index (κ3) is 11.8. The summed E-state index contributed by atoms with van der Waals surface area (Å²) in [7, 11) is 7.20. The summed E-state index contributed by atoms with van der Waals surface area (Å²) in [5, 5.41) is 27.4. The minimum absolute atomic E-state index is 0.0637. The van der Waals surface area contributed by atoms with Crippen molar-refractivity contribution < 1.29 is 76.7 Å². The monoisotopic (exact) mass is 966 g/mol. The van der Waals surface area contributed by atoms with Crippen LogP contribution in [0.25, 0.3) is 0 Å². The Balaban J connectivity index is 1.30. The number of likely N-dealkylation sites (N-methyl/N-ethyl adjacent to an activating group) is 2. The number of esters is 1. The average molecular weight is 966 g/mol. The highest BCUT2D eigenvalue weighted by atomic mass is 16.8. The molecular weight excluding hydrogens is 887 g/mol. The molecule has 19 nitrogen and oxygen atoms in total. The number of amides is 1. The second kappa shape index (κ2) is 21.9. The Morgan fingerprint density at radius 3 is 2.35 bits per heavy atom. The van der Waals surface area contributed by atoms with Crippen molar-refractivity contribution in [2.24, 2.45) is 17.8 Å². The summed E-state index contributed by atoms with van der Waals surface area (Å²) in [4.78, 5) is 44.9. The lowest BCUT2D eigenvalue weighted by Crippen LogP contribution is -2.61. The van der Waals surface area contributed by atoms with Gasteiger partial charge in [-0.15, -0.1) is 0 Å². The van der Waals surface area contributed by atoms with E-state index < -0.39 is 102 Å². The average Bonchev–Trinajstić information content (AvgIpc) is 3.87. The fraction of sp³-hybridized carbons (Fsp3) is 0.816. The van der Waals surface area contributed by atoms with Crippen LogP contribution in [0.5, 0.6) is 11.5 Å². The smallest absolute Gasteiger partial charge is 0.458 e. The van der Waals surface area contributed by atoms with Crippen molar-refractivity contribution in [2.75, 3.05) is 48.1 Å². The van der Waals surface area contributed by atoms with E-state index in [0.717, 1.165) is 5.56 Å². The minimum atomic E-state index is -1.61. The van der Waals surface area contributed by atoms with E-state index in [2.05, 4.69) is 5.32 Å². The number of carbonyl (C=O) groups excluding carboxylic acids is 3. The summed E-state index contributed by atoms with van der Waals surface area (Å²) >= 11 is 0. The molecule has 0 aliphatic carbocycles. The van der Waals surface area contributed by atoms with Gasteiger partial charge in [0.2, 0.25) is 6.79 Å². The zero-order chi connectivity index (χ0) is 50.0. The van der Waals surface area contributed by atoms with Crippen LogP contribution in [-0.4, -0.2) is 177 Å². The molecule has 5 aliphatic heterocycles. The molecule has 386 valence electrons. The van der Waals surface area contributed by atoms with Gasteiger partial charge in [-0.05, 0) is 119 Å². The summed E-state index contributed by atoms with van der Waals surface area (Å²) in [6, 6.07) is 4.94. The lowest BCUT2D eigenvalue weighted by molar-refractivity contribution is -0.317. The molecule has 0 radical (unpaired) electrons. The number of rotatable bonds is 11. The Bertz CT molecular complexity index is 1890. The number of benzene rings is 1. The largest absolute Gasteiger partial charge is 0.509 e. The predicted molar refractivity (Wildman–Crippen MR) is 246 cm³/mol. The Morgan fingerprint density at radius 1 is 0.971 bits per heavy atom. The number of hydrogen-bond donors (Lipinski definition) is 3. The fourth-order valence-electron chi connectivity index (χ4n) is 11.1. The van der Waals surface area contributed by atoms with Crippen LogP contribution in [0, 0.1) is 17.8 Å². The molecular formula is C49H79N3O16. The third-order valence-corrected chi connectivity index (χ3v) is 15.0. The summed E-state index contributed by atoms with van der Waals surface area (Å²) in [6.45, 7) is 19.1. The molecule has 1 aromatic rings. The van der Waals surface area contributed by atoms with Gasteiger partial charge in [0.25, 0.3) is 0 Å². The summed E-state index contributed by atoms with van der Waals surface area (Å²) in [5.74, 6) is -1.34. The molecule has 5 aliphatic rings. The molecule has 0 spiro atoms. The van der Waals surface area contributed by atoms with Gasteiger partial charge in [-0.1, -0.05) is 26.8 Å². The second-order valence-electron chi connectivity index (χ2n) is 20.8. The highest BCUT2D eigenvalue weighted by molar-refractivity contribution is 5.73. The molecule has 19 heteroatoms. The molecule has 0 bridgehead atoms. The van der Waals surface area contributed by atoms with Gasteiger partial charge in [-0.25, -0.2) is 9.59 Å². The second-order valence-corrected chi connectivity index (χ2v) is 20.8. The van der Waals surface area contributed by atoms with Gasteiger partial charge < -0.3 is 72.5 Å². The topological polar surface area (TPSA) is 212 Å². The van der Waals surface area contributed by atoms with E-state index in [9.17, 15) is 24.6 Å². The Morgan fingerprint density at radius 2 is 1.68 bits per heavy atom. The number of alkyl carbamates (subject to hydrolysis) is 1. The molecule has 4 fully saturated rings. The molecule has 1 amide bonds. The van der Waals surface area contributed by atoms with Crippen LogP contribution in [0.4, 0.5) is 9.59 Å². The molecule has 18 atom stereocenters. The number of nitrogens with one attached hydrogen (secondary N) is 1. The van der Waals surface area contributed by atoms with E-state index in [-0.39, 0.29) is 50.3 Å². The van der Waals surface area contributed by atoms with Crippen molar-refractivity contribution in [2.45, 2.75) is 192 Å². The first-order valence-corrected chi connectivity index (χ1v) is 24.3. The van der Waals surface area contributed by atoms with Crippen LogP contribution in [-0.2, 0) is 53.8 Å². The molecule has 5 heterocycles. The SMILES string of the molecule is CC[C@H]1OC(=O)[C@H](C)[C@@H](O[C@H]2C[C@@](C)(OC)[C@@H](OC(=O)NCCc3ccc4c(c3)OCO4)[C@H](C)O2)[C@H](C)[C@@H](O[C@@H]2O[C@H](C)C[C@H](N(C)C)[C@H]2O)[C@](C)(O)C[C@@H](C)CN(C)[C@H](C)[C@H]2OC(=O)O[C@@]21C. The van der Waals surface area contributed by atoms with Crippen molar-refractivity contribution in [3.8, 4) is 11.5 Å². The van der Waals surface area contributed by atoms with Gasteiger partial charge in [0.1, 0.15) is 17.8 Å². The van der Waals surface area contributed by atoms with Gasteiger partial charge >= 0.3 is 18.2 Å². The molecule has 0 saturated carbocycles. The quantitative estimate of drug-likeness (QED) is 0.201. The molecule has 3 N–H and O–H groups in total. The van der Waals surface area contributed by atoms with Gasteiger partial charge in [0.05, 0.1) is 35.9 Å². The van der Waals surface area contributed by atoms with Gasteiger partial charge in [0.15, 0.2) is 41.9 Å². The molecule has 68 heavy (non-hydrogen) atoms. The lowest BCUT2D eigenvalue weighted by atomic mass is 9.77. The van der Waals surface area contributed by atoms with Crippen molar-refractivity contribution in [1.29, 1.82) is 0 Å². The van der Waals surface area contributed by atoms with Crippen molar-refractivity contribution in [3.05, 3.63) is 23.8 Å². The van der Waals surface area contributed by atoms with E-state index in [1.807, 2.05) is 83.8 Å². The Kier molecular flexibility index (Phi) is 17.3. The zero-order valence-electron chi connectivity index (χ0n) is 42.6. The van der Waals surface area contributed by atoms with Crippen LogP contribution in [0.15, 0.2) is 18.2 Å². The lowest BCUT2D eigenvalue weighted by Gasteiger charge is -2.49. The van der Waals surface area contributed by atoms with E-state index in [1.54, 1.807) is 34.6 Å². The number of aliphatic hydroxyl groups excluding tert-OH is 1. The summed E-state index contributed by atoms with van der Waals surface area (Å²) < 4.78 is 67.6. The maximum Gasteiger partial charge on any atom is 0.509 e. The van der Waals surface area contributed by atoms with Crippen LogP contribution in [0.3, 0.4) is 0 Å². The first kappa shape index (κ1) is 53.8. The molecule has 1 aromatic carbocycles. The van der Waals surface area contributed by atoms with E-state index in [1.165, 1.54) is 7.11 Å². The maximum atomic E-state index is 14.7. The van der Waals surface area contributed by atoms with Crippen LogP contribution < -0.4 is 14.8 Å². The number of carbonyl (C=O) groups is 3. The third-order valence-electron chi connectivity index (χ3n) is 15.0. The number of cyclic esters (lactones) is 1. The highest BCUT2D eigenvalue weighted by Gasteiger charge is 2.58. The molecule has 0 aromatic heterocycles. The van der Waals surface area contributed by atoms with E-state index >= 15 is 0 Å².